The Morgan fingerprint density at radius 1 is 1.40 bits per heavy atom. The van der Waals surface area contributed by atoms with Crippen molar-refractivity contribution in [2.75, 3.05) is 24.6 Å². The van der Waals surface area contributed by atoms with E-state index in [0.717, 1.165) is 29.6 Å². The average Bonchev–Trinajstić information content (AvgIpc) is 3.10. The molecule has 3 rings (SSSR count). The number of nitrogens with zero attached hydrogens (tertiary/aromatic N) is 1. The van der Waals surface area contributed by atoms with Crippen molar-refractivity contribution in [3.05, 3.63) is 40.6 Å². The van der Waals surface area contributed by atoms with Crippen LogP contribution in [0, 0.1) is 0 Å². The first-order valence-electron chi connectivity index (χ1n) is 6.85. The van der Waals surface area contributed by atoms with Gasteiger partial charge in [-0.2, -0.15) is 0 Å². The summed E-state index contributed by atoms with van der Waals surface area (Å²) in [6.45, 7) is 2.43. The molecule has 4 nitrogen and oxygen atoms in total. The Morgan fingerprint density at radius 3 is 3.00 bits per heavy atom. The van der Waals surface area contributed by atoms with Gasteiger partial charge in [0.1, 0.15) is 0 Å². The molecule has 106 valence electrons. The number of carbonyl (C=O) groups excluding carboxylic acids is 1. The fraction of sp³-hybridized carbons (Fsp3) is 0.400. The third-order valence-corrected chi connectivity index (χ3v) is 4.39. The van der Waals surface area contributed by atoms with Gasteiger partial charge in [0.15, 0.2) is 0 Å². The lowest BCUT2D eigenvalue weighted by molar-refractivity contribution is -0.118. The second kappa shape index (κ2) is 5.87. The maximum atomic E-state index is 12.0. The summed E-state index contributed by atoms with van der Waals surface area (Å²) in [5.41, 5.74) is 1.94. The van der Waals surface area contributed by atoms with Crippen molar-refractivity contribution in [3.8, 4) is 0 Å². The number of hydrogen-bond donors (Lipinski definition) is 1. The van der Waals surface area contributed by atoms with E-state index in [1.807, 2.05) is 18.2 Å². The zero-order valence-electron chi connectivity index (χ0n) is 11.1. The zero-order valence-corrected chi connectivity index (χ0v) is 12.7. The molecule has 0 saturated carbocycles. The number of rotatable bonds is 3. The molecular weight excluding hydrogens is 320 g/mol. The molecule has 20 heavy (non-hydrogen) atoms. The highest BCUT2D eigenvalue weighted by molar-refractivity contribution is 9.10. The molecule has 1 aromatic carbocycles. The van der Waals surface area contributed by atoms with Crippen LogP contribution < -0.4 is 10.2 Å². The topological polar surface area (TPSA) is 41.6 Å². The Balaban J connectivity index is 1.60. The van der Waals surface area contributed by atoms with Crippen LogP contribution in [0.3, 0.4) is 0 Å². The van der Waals surface area contributed by atoms with Crippen LogP contribution in [0.4, 0.5) is 5.69 Å². The van der Waals surface area contributed by atoms with Crippen molar-refractivity contribution in [3.63, 3.8) is 0 Å². The molecule has 0 aromatic heterocycles. The van der Waals surface area contributed by atoms with Gasteiger partial charge in [-0.05, 0) is 34.5 Å². The molecule has 0 radical (unpaired) electrons. The summed E-state index contributed by atoms with van der Waals surface area (Å²) in [4.78, 5) is 14.3. The average molecular weight is 337 g/mol. The lowest BCUT2D eigenvalue weighted by Gasteiger charge is -2.20. The molecule has 2 aliphatic heterocycles. The quantitative estimate of drug-likeness (QED) is 0.921. The van der Waals surface area contributed by atoms with Crippen molar-refractivity contribution in [2.24, 2.45) is 0 Å². The van der Waals surface area contributed by atoms with Gasteiger partial charge >= 0.3 is 0 Å². The molecule has 0 aliphatic carbocycles. The fourth-order valence-corrected chi connectivity index (χ4v) is 3.17. The molecule has 1 aromatic rings. The van der Waals surface area contributed by atoms with Gasteiger partial charge in [-0.3, -0.25) is 4.79 Å². The minimum absolute atomic E-state index is 0.0153. The minimum atomic E-state index is 0.0153. The van der Waals surface area contributed by atoms with E-state index in [1.165, 1.54) is 5.69 Å². The smallest absolute Gasteiger partial charge is 0.250 e. The number of hydrogen-bond acceptors (Lipinski definition) is 3. The molecule has 0 unspecified atom stereocenters. The number of para-hydroxylation sites is 1. The molecule has 0 spiro atoms. The molecule has 5 heteroatoms. The van der Waals surface area contributed by atoms with Crippen LogP contribution in [-0.2, 0) is 9.53 Å². The van der Waals surface area contributed by atoms with Crippen LogP contribution in [0.5, 0.6) is 0 Å². The van der Waals surface area contributed by atoms with E-state index in [1.54, 1.807) is 6.26 Å². The first-order valence-corrected chi connectivity index (χ1v) is 7.64. The van der Waals surface area contributed by atoms with Gasteiger partial charge in [0.2, 0.25) is 0 Å². The predicted octanol–water partition coefficient (Wildman–Crippen LogP) is 2.45. The highest BCUT2D eigenvalue weighted by atomic mass is 79.9. The van der Waals surface area contributed by atoms with Gasteiger partial charge < -0.3 is 15.0 Å². The first-order chi connectivity index (χ1) is 9.74. The normalized spacial score (nSPS) is 21.6. The van der Waals surface area contributed by atoms with E-state index >= 15 is 0 Å². The minimum Gasteiger partial charge on any atom is -0.500 e. The maximum Gasteiger partial charge on any atom is 0.250 e. The molecular formula is C15H17BrN2O2. The van der Waals surface area contributed by atoms with Crippen molar-refractivity contribution >= 4 is 27.5 Å². The van der Waals surface area contributed by atoms with Crippen LogP contribution in [0.2, 0.25) is 0 Å². The molecule has 2 heterocycles. The summed E-state index contributed by atoms with van der Waals surface area (Å²) in [5, 5.41) is 3.10. The third kappa shape index (κ3) is 2.82. The molecule has 1 fully saturated rings. The van der Waals surface area contributed by atoms with E-state index in [9.17, 15) is 4.79 Å². The second-order valence-electron chi connectivity index (χ2n) is 5.12. The van der Waals surface area contributed by atoms with Crippen molar-refractivity contribution in [1.29, 1.82) is 0 Å². The number of nitrogens with one attached hydrogen (secondary N) is 1. The molecule has 1 saturated heterocycles. The number of benzene rings is 1. The molecule has 1 N–H and O–H groups in total. The van der Waals surface area contributed by atoms with Gasteiger partial charge in [0.25, 0.3) is 5.91 Å². The number of halogens is 1. The predicted molar refractivity (Wildman–Crippen MR) is 81.6 cm³/mol. The van der Waals surface area contributed by atoms with E-state index in [4.69, 9.17) is 4.74 Å². The van der Waals surface area contributed by atoms with Crippen molar-refractivity contribution in [2.45, 2.75) is 18.9 Å². The molecule has 2 aliphatic rings. The number of carbonyl (C=O) groups is 1. The Labute approximate surface area is 126 Å². The number of amides is 1. The maximum absolute atomic E-state index is 12.0. The van der Waals surface area contributed by atoms with Crippen molar-refractivity contribution in [1.82, 2.24) is 5.32 Å². The summed E-state index contributed by atoms with van der Waals surface area (Å²) in [6, 6.07) is 8.39. The highest BCUT2D eigenvalue weighted by Gasteiger charge is 2.26. The summed E-state index contributed by atoms with van der Waals surface area (Å²) in [6.07, 6.45) is 3.27. The summed E-state index contributed by atoms with van der Waals surface area (Å²) >= 11 is 3.58. The zero-order chi connectivity index (χ0) is 13.9. The Kier molecular flexibility index (Phi) is 3.96. The standard InChI is InChI=1S/C15H17BrN2O2/c16-13-3-1-2-4-14(13)18-7-5-12(9-18)17-15(19)11-6-8-20-10-11/h1-4,10,12H,5-9H2,(H,17,19)/t12-/m0/s1. The summed E-state index contributed by atoms with van der Waals surface area (Å²) < 4.78 is 6.21. The molecule has 0 bridgehead atoms. The van der Waals surface area contributed by atoms with E-state index in [-0.39, 0.29) is 11.9 Å². The van der Waals surface area contributed by atoms with Crippen LogP contribution in [0.15, 0.2) is 40.6 Å². The monoisotopic (exact) mass is 336 g/mol. The fourth-order valence-electron chi connectivity index (χ4n) is 2.64. The number of anilines is 1. The second-order valence-corrected chi connectivity index (χ2v) is 5.97. The van der Waals surface area contributed by atoms with Gasteiger partial charge in [0, 0.05) is 30.0 Å². The van der Waals surface area contributed by atoms with E-state index < -0.39 is 0 Å². The van der Waals surface area contributed by atoms with E-state index in [2.05, 4.69) is 32.2 Å². The summed E-state index contributed by atoms with van der Waals surface area (Å²) in [7, 11) is 0. The Bertz CT molecular complexity index is 544. The first kappa shape index (κ1) is 13.5. The Morgan fingerprint density at radius 2 is 2.25 bits per heavy atom. The van der Waals surface area contributed by atoms with Crippen LogP contribution >= 0.6 is 15.9 Å². The van der Waals surface area contributed by atoms with Crippen LogP contribution in [0.1, 0.15) is 12.8 Å². The van der Waals surface area contributed by atoms with Crippen LogP contribution in [0.25, 0.3) is 0 Å². The van der Waals surface area contributed by atoms with Crippen molar-refractivity contribution < 1.29 is 9.53 Å². The highest BCUT2D eigenvalue weighted by Crippen LogP contribution is 2.28. The van der Waals surface area contributed by atoms with Gasteiger partial charge in [-0.1, -0.05) is 12.1 Å². The SMILES string of the molecule is O=C(N[C@H]1CCN(c2ccccc2Br)C1)C1=COCC1. The number of ether oxygens (including phenoxy) is 1. The Hall–Kier alpha value is -1.49. The third-order valence-electron chi connectivity index (χ3n) is 3.72. The molecule has 1 amide bonds. The summed E-state index contributed by atoms with van der Waals surface area (Å²) in [5.74, 6) is 0.0153. The lowest BCUT2D eigenvalue weighted by Crippen LogP contribution is -2.37. The molecule has 1 atom stereocenters. The van der Waals surface area contributed by atoms with Gasteiger partial charge in [0.05, 0.1) is 24.1 Å². The van der Waals surface area contributed by atoms with E-state index in [0.29, 0.717) is 13.0 Å². The van der Waals surface area contributed by atoms with Crippen LogP contribution in [-0.4, -0.2) is 31.6 Å². The van der Waals surface area contributed by atoms with Gasteiger partial charge in [-0.25, -0.2) is 0 Å². The van der Waals surface area contributed by atoms with Gasteiger partial charge in [-0.15, -0.1) is 0 Å². The lowest BCUT2D eigenvalue weighted by atomic mass is 10.2. The largest absolute Gasteiger partial charge is 0.500 e.